The van der Waals surface area contributed by atoms with Crippen molar-refractivity contribution in [1.82, 2.24) is 20.6 Å². The molecule has 39 heavy (non-hydrogen) atoms. The quantitative estimate of drug-likeness (QED) is 0.366. The SMILES string of the molecule is Nc1nc(F)c(-c2ccc(N3CCNCC3)cc2)nc1-c1cc2c(cc1F)C(=O)NCC2.O=C(O)C(F)(F)F. The molecule has 0 saturated carbocycles. The maximum Gasteiger partial charge on any atom is 0.490 e. The van der Waals surface area contributed by atoms with E-state index in [9.17, 15) is 26.7 Å². The molecule has 0 atom stereocenters. The molecule has 1 aromatic heterocycles. The number of alkyl halides is 3. The average molecular weight is 550 g/mol. The number of nitrogens with one attached hydrogen (secondary N) is 2. The number of benzene rings is 2. The molecular formula is C25H23F5N6O3. The van der Waals surface area contributed by atoms with Crippen LogP contribution in [-0.2, 0) is 11.2 Å². The van der Waals surface area contributed by atoms with Crippen molar-refractivity contribution < 1.29 is 36.6 Å². The summed E-state index contributed by atoms with van der Waals surface area (Å²) < 4.78 is 61.3. The number of carbonyl (C=O) groups excluding carboxylic acids is 1. The number of rotatable bonds is 3. The molecule has 2 aliphatic rings. The van der Waals surface area contributed by atoms with E-state index >= 15 is 0 Å². The Bertz CT molecular complexity index is 1390. The van der Waals surface area contributed by atoms with Crippen molar-refractivity contribution in [3.05, 3.63) is 59.3 Å². The summed E-state index contributed by atoms with van der Waals surface area (Å²) in [5.41, 5.74) is 8.61. The van der Waals surface area contributed by atoms with Gasteiger partial charge in [0.25, 0.3) is 5.91 Å². The number of aliphatic carboxylic acids is 1. The first-order valence-electron chi connectivity index (χ1n) is 11.8. The van der Waals surface area contributed by atoms with Gasteiger partial charge in [0.2, 0.25) is 5.95 Å². The van der Waals surface area contributed by atoms with Crippen LogP contribution in [0.5, 0.6) is 0 Å². The second kappa shape index (κ2) is 11.2. The van der Waals surface area contributed by atoms with Crippen LogP contribution < -0.4 is 21.3 Å². The van der Waals surface area contributed by atoms with Crippen molar-refractivity contribution in [2.24, 2.45) is 0 Å². The van der Waals surface area contributed by atoms with Gasteiger partial charge >= 0.3 is 12.1 Å². The lowest BCUT2D eigenvalue weighted by molar-refractivity contribution is -0.192. The van der Waals surface area contributed by atoms with Crippen LogP contribution in [0.1, 0.15) is 15.9 Å². The molecule has 9 nitrogen and oxygen atoms in total. The Labute approximate surface area is 218 Å². The normalized spacial score (nSPS) is 15.1. The monoisotopic (exact) mass is 550 g/mol. The van der Waals surface area contributed by atoms with Gasteiger partial charge in [-0.05, 0) is 36.2 Å². The zero-order valence-electron chi connectivity index (χ0n) is 20.3. The lowest BCUT2D eigenvalue weighted by Gasteiger charge is -2.29. The van der Waals surface area contributed by atoms with Gasteiger partial charge in [0.1, 0.15) is 17.2 Å². The van der Waals surface area contributed by atoms with Crippen LogP contribution in [0, 0.1) is 11.8 Å². The lowest BCUT2D eigenvalue weighted by Crippen LogP contribution is -2.43. The molecule has 3 heterocycles. The summed E-state index contributed by atoms with van der Waals surface area (Å²) in [6, 6.07) is 10.1. The molecule has 2 aliphatic heterocycles. The smallest absolute Gasteiger partial charge is 0.475 e. The molecule has 2 aromatic carbocycles. The molecule has 0 aliphatic carbocycles. The highest BCUT2D eigenvalue weighted by Gasteiger charge is 2.38. The Hall–Kier alpha value is -4.33. The average Bonchev–Trinajstić information content (AvgIpc) is 2.90. The third-order valence-corrected chi connectivity index (χ3v) is 6.12. The minimum atomic E-state index is -5.08. The molecular weight excluding hydrogens is 527 g/mol. The number of carbonyl (C=O) groups is 2. The molecule has 206 valence electrons. The Morgan fingerprint density at radius 3 is 2.23 bits per heavy atom. The fourth-order valence-electron chi connectivity index (χ4n) is 4.19. The first kappa shape index (κ1) is 27.7. The maximum atomic E-state index is 14.9. The number of fused-ring (bicyclic) bond motifs is 1. The van der Waals surface area contributed by atoms with Crippen molar-refractivity contribution in [3.63, 3.8) is 0 Å². The third kappa shape index (κ3) is 6.22. The first-order valence-corrected chi connectivity index (χ1v) is 11.8. The van der Waals surface area contributed by atoms with E-state index in [-0.39, 0.29) is 34.2 Å². The number of nitrogens with two attached hydrogens (primary N) is 1. The van der Waals surface area contributed by atoms with Crippen molar-refractivity contribution in [1.29, 1.82) is 0 Å². The summed E-state index contributed by atoms with van der Waals surface area (Å²) in [6.45, 7) is 4.09. The lowest BCUT2D eigenvalue weighted by atomic mass is 9.96. The van der Waals surface area contributed by atoms with Crippen LogP contribution in [0.15, 0.2) is 36.4 Å². The highest BCUT2D eigenvalue weighted by atomic mass is 19.4. The number of carboxylic acids is 1. The Kier molecular flexibility index (Phi) is 7.95. The van der Waals surface area contributed by atoms with Gasteiger partial charge in [0.15, 0.2) is 5.82 Å². The molecule has 0 spiro atoms. The van der Waals surface area contributed by atoms with E-state index in [2.05, 4.69) is 25.5 Å². The van der Waals surface area contributed by atoms with E-state index in [1.165, 1.54) is 6.07 Å². The number of aromatic nitrogens is 2. The van der Waals surface area contributed by atoms with E-state index in [1.807, 2.05) is 12.1 Å². The zero-order valence-corrected chi connectivity index (χ0v) is 20.3. The fraction of sp³-hybridized carbons (Fsp3) is 0.280. The maximum absolute atomic E-state index is 14.9. The van der Waals surface area contributed by atoms with Crippen molar-refractivity contribution in [3.8, 4) is 22.5 Å². The predicted octanol–water partition coefficient (Wildman–Crippen LogP) is 3.00. The number of hydrogen-bond acceptors (Lipinski definition) is 7. The van der Waals surface area contributed by atoms with Gasteiger partial charge < -0.3 is 26.4 Å². The summed E-state index contributed by atoms with van der Waals surface area (Å²) >= 11 is 0. The topological polar surface area (TPSA) is 133 Å². The van der Waals surface area contributed by atoms with Gasteiger partial charge in [0, 0.05) is 55.1 Å². The number of amides is 1. The van der Waals surface area contributed by atoms with Crippen molar-refractivity contribution >= 4 is 23.4 Å². The van der Waals surface area contributed by atoms with Gasteiger partial charge in [-0.2, -0.15) is 22.5 Å². The molecule has 0 bridgehead atoms. The Morgan fingerprint density at radius 2 is 1.62 bits per heavy atom. The molecule has 0 unspecified atom stereocenters. The first-order chi connectivity index (χ1) is 18.5. The van der Waals surface area contributed by atoms with Crippen LogP contribution in [0.3, 0.4) is 0 Å². The molecule has 14 heteroatoms. The van der Waals surface area contributed by atoms with E-state index in [4.69, 9.17) is 15.6 Å². The number of anilines is 2. The summed E-state index contributed by atoms with van der Waals surface area (Å²) in [4.78, 5) is 31.3. The third-order valence-electron chi connectivity index (χ3n) is 6.12. The van der Waals surface area contributed by atoms with Gasteiger partial charge in [-0.3, -0.25) is 4.79 Å². The molecule has 3 aromatic rings. The minimum absolute atomic E-state index is 0.00377. The molecule has 1 amide bonds. The number of hydrogen-bond donors (Lipinski definition) is 4. The molecule has 0 radical (unpaired) electrons. The van der Waals surface area contributed by atoms with E-state index < -0.39 is 23.9 Å². The number of nitrogens with zero attached hydrogens (tertiary/aromatic N) is 3. The van der Waals surface area contributed by atoms with Crippen LogP contribution in [-0.4, -0.2) is 65.9 Å². The van der Waals surface area contributed by atoms with Crippen molar-refractivity contribution in [2.45, 2.75) is 12.6 Å². The number of nitrogen functional groups attached to an aromatic ring is 1. The van der Waals surface area contributed by atoms with Crippen LogP contribution in [0.2, 0.25) is 0 Å². The van der Waals surface area contributed by atoms with Gasteiger partial charge in [-0.15, -0.1) is 0 Å². The fourth-order valence-corrected chi connectivity index (χ4v) is 4.19. The summed E-state index contributed by atoms with van der Waals surface area (Å²) in [5.74, 6) is -4.76. The van der Waals surface area contributed by atoms with E-state index in [0.29, 0.717) is 24.1 Å². The van der Waals surface area contributed by atoms with Crippen LogP contribution >= 0.6 is 0 Å². The summed E-state index contributed by atoms with van der Waals surface area (Å²) in [6.07, 6.45) is -4.52. The molecule has 5 N–H and O–H groups in total. The standard InChI is InChI=1S/C23H22F2N6O.C2HF3O2/c24-18-12-16-14(5-6-28-23(16)32)11-17(18)20-22(26)30-21(25)19(29-20)13-1-3-15(4-2-13)31-9-7-27-8-10-31;3-2(4,5)1(6)7/h1-4,11-12,27H,5-10H2,(H2,26,30)(H,28,32);(H,6,7). The number of piperazine rings is 1. The van der Waals surface area contributed by atoms with Gasteiger partial charge in [0.05, 0.1) is 0 Å². The zero-order chi connectivity index (χ0) is 28.3. The highest BCUT2D eigenvalue weighted by Crippen LogP contribution is 2.32. The van der Waals surface area contributed by atoms with E-state index in [0.717, 1.165) is 31.9 Å². The predicted molar refractivity (Wildman–Crippen MR) is 132 cm³/mol. The van der Waals surface area contributed by atoms with Crippen LogP contribution in [0.25, 0.3) is 22.5 Å². The minimum Gasteiger partial charge on any atom is -0.475 e. The number of carboxylic acid groups (broad SMARTS) is 1. The Morgan fingerprint density at radius 1 is 0.974 bits per heavy atom. The summed E-state index contributed by atoms with van der Waals surface area (Å²) in [5, 5.41) is 13.1. The second-order valence-electron chi connectivity index (χ2n) is 8.68. The molecule has 1 saturated heterocycles. The van der Waals surface area contributed by atoms with E-state index in [1.54, 1.807) is 18.2 Å². The van der Waals surface area contributed by atoms with Gasteiger partial charge in [-0.1, -0.05) is 12.1 Å². The summed E-state index contributed by atoms with van der Waals surface area (Å²) in [7, 11) is 0. The second-order valence-corrected chi connectivity index (χ2v) is 8.68. The van der Waals surface area contributed by atoms with Crippen LogP contribution in [0.4, 0.5) is 33.5 Å². The molecule has 1 fully saturated rings. The largest absolute Gasteiger partial charge is 0.490 e. The van der Waals surface area contributed by atoms with Crippen molar-refractivity contribution in [2.75, 3.05) is 43.4 Å². The Balaban J connectivity index is 0.000000448. The highest BCUT2D eigenvalue weighted by molar-refractivity contribution is 5.97. The van der Waals surface area contributed by atoms with Gasteiger partial charge in [-0.25, -0.2) is 14.2 Å². The number of halogens is 5. The molecule has 5 rings (SSSR count).